The first-order valence-corrected chi connectivity index (χ1v) is 13.7. The third-order valence-electron chi connectivity index (χ3n) is 7.33. The summed E-state index contributed by atoms with van der Waals surface area (Å²) < 4.78 is 9.60. The smallest absolute Gasteiger partial charge is 0.328 e. The normalized spacial score (nSPS) is 15.6. The average Bonchev–Trinajstić information content (AvgIpc) is 3.19. The first-order valence-electron chi connectivity index (χ1n) is 12.9. The molecule has 5 rings (SSSR count). The van der Waals surface area contributed by atoms with Crippen molar-refractivity contribution in [3.63, 3.8) is 0 Å². The van der Waals surface area contributed by atoms with Crippen LogP contribution in [0.15, 0.2) is 56.8 Å². The molecule has 1 atom stereocenters. The second-order valence-corrected chi connectivity index (χ2v) is 10.6. The van der Waals surface area contributed by atoms with Gasteiger partial charge in [-0.25, -0.2) is 9.78 Å². The number of hydrogen-bond donors (Lipinski definition) is 0. The lowest BCUT2D eigenvalue weighted by Crippen LogP contribution is -2.25. The third kappa shape index (κ3) is 4.75. The van der Waals surface area contributed by atoms with Gasteiger partial charge < -0.3 is 9.30 Å². The van der Waals surface area contributed by atoms with Crippen molar-refractivity contribution in [3.8, 4) is 0 Å². The maximum atomic E-state index is 13.7. The molecule has 0 amide bonds. The van der Waals surface area contributed by atoms with Crippen molar-refractivity contribution in [2.45, 2.75) is 64.8 Å². The van der Waals surface area contributed by atoms with Gasteiger partial charge in [-0.1, -0.05) is 53.4 Å². The van der Waals surface area contributed by atoms with Crippen molar-refractivity contribution in [3.05, 3.63) is 74.4 Å². The van der Waals surface area contributed by atoms with E-state index in [9.17, 15) is 9.59 Å². The minimum absolute atomic E-state index is 0.176. The topological polar surface area (TPSA) is 78.5 Å². The summed E-state index contributed by atoms with van der Waals surface area (Å²) in [5.74, 6) is 0.630. The summed E-state index contributed by atoms with van der Waals surface area (Å²) in [4.78, 5) is 31.3. The molecule has 2 aromatic carbocycles. The molecule has 1 saturated carbocycles. The predicted octanol–water partition coefficient (Wildman–Crippen LogP) is 6.48. The molecule has 2 aromatic heterocycles. The fraction of sp³-hybridized carbons (Fsp3) is 0.379. The van der Waals surface area contributed by atoms with Crippen molar-refractivity contribution < 1.29 is 9.53 Å². The highest BCUT2D eigenvalue weighted by molar-refractivity contribution is 9.10. The first-order chi connectivity index (χ1) is 17.9. The van der Waals surface area contributed by atoms with Crippen molar-refractivity contribution in [2.75, 3.05) is 6.61 Å². The van der Waals surface area contributed by atoms with Crippen LogP contribution in [0.1, 0.15) is 75.0 Å². The molecule has 0 unspecified atom stereocenters. The van der Waals surface area contributed by atoms with Crippen LogP contribution in [0.4, 0.5) is 0 Å². The van der Waals surface area contributed by atoms with Gasteiger partial charge >= 0.3 is 5.97 Å². The lowest BCUT2D eigenvalue weighted by Gasteiger charge is -2.22. The van der Waals surface area contributed by atoms with Gasteiger partial charge in [0.2, 0.25) is 0 Å². The fourth-order valence-electron chi connectivity index (χ4n) is 5.47. The Labute approximate surface area is 224 Å². The van der Waals surface area contributed by atoms with Crippen LogP contribution in [0.25, 0.3) is 21.8 Å². The van der Waals surface area contributed by atoms with E-state index in [1.807, 2.05) is 54.8 Å². The summed E-state index contributed by atoms with van der Waals surface area (Å²) in [5, 5.41) is 6.26. The number of fused-ring (bicyclic) bond motifs is 2. The standard InChI is InChI=1S/C29H31BrN4O3/c1-4-37-29(36)19(3)33-18(2)24(22-12-8-9-13-26(22)33)17-31-34-27(20-10-6-5-7-11-20)32-25-15-14-21(30)16-23(25)28(34)35/h8-9,12-17,19-20H,4-7,10-11H2,1-3H3/t19-/m0/s1. The number of carbonyl (C=O) groups is 1. The number of rotatable bonds is 6. The van der Waals surface area contributed by atoms with Crippen LogP contribution in [-0.4, -0.2) is 33.0 Å². The number of aromatic nitrogens is 3. The van der Waals surface area contributed by atoms with E-state index in [2.05, 4.69) is 15.9 Å². The summed E-state index contributed by atoms with van der Waals surface area (Å²) in [7, 11) is 0. The Kier molecular flexibility index (Phi) is 7.29. The van der Waals surface area contributed by atoms with E-state index in [0.29, 0.717) is 17.5 Å². The number of nitrogens with zero attached hydrogens (tertiary/aromatic N) is 4. The van der Waals surface area contributed by atoms with E-state index >= 15 is 0 Å². The Balaban J connectivity index is 1.67. The Hall–Kier alpha value is -3.26. The number of ether oxygens (including phenoxy) is 1. The van der Waals surface area contributed by atoms with Crippen molar-refractivity contribution in [1.29, 1.82) is 0 Å². The summed E-state index contributed by atoms with van der Waals surface area (Å²) in [5.41, 5.74) is 3.18. The summed E-state index contributed by atoms with van der Waals surface area (Å²) in [6.45, 7) is 5.95. The highest BCUT2D eigenvalue weighted by atomic mass is 79.9. The number of esters is 1. The van der Waals surface area contributed by atoms with Crippen LogP contribution < -0.4 is 5.56 Å². The predicted molar refractivity (Wildman–Crippen MR) is 151 cm³/mol. The van der Waals surface area contributed by atoms with Crippen LogP contribution >= 0.6 is 15.9 Å². The van der Waals surface area contributed by atoms with Gasteiger partial charge in [0, 0.05) is 32.6 Å². The average molecular weight is 563 g/mol. The minimum Gasteiger partial charge on any atom is -0.464 e. The van der Waals surface area contributed by atoms with Crippen molar-refractivity contribution >= 4 is 49.9 Å². The van der Waals surface area contributed by atoms with Crippen molar-refractivity contribution in [1.82, 2.24) is 14.2 Å². The Morgan fingerprint density at radius 1 is 1.19 bits per heavy atom. The van der Waals surface area contributed by atoms with E-state index in [4.69, 9.17) is 14.8 Å². The van der Waals surface area contributed by atoms with Crippen LogP contribution in [-0.2, 0) is 9.53 Å². The second-order valence-electron chi connectivity index (χ2n) is 9.64. The van der Waals surface area contributed by atoms with Crippen LogP contribution in [0, 0.1) is 6.92 Å². The molecule has 8 heteroatoms. The molecule has 2 heterocycles. The van der Waals surface area contributed by atoms with Gasteiger partial charge in [0.1, 0.15) is 11.9 Å². The van der Waals surface area contributed by atoms with Gasteiger partial charge in [-0.05, 0) is 57.9 Å². The largest absolute Gasteiger partial charge is 0.464 e. The zero-order valence-electron chi connectivity index (χ0n) is 21.4. The molecule has 1 aliphatic rings. The molecule has 37 heavy (non-hydrogen) atoms. The molecule has 1 fully saturated rings. The SMILES string of the molecule is CCOC(=O)[C@H](C)n1c(C)c(C=Nn2c(C3CCCCC3)nc3ccc(Br)cc3c2=O)c2ccccc21. The lowest BCUT2D eigenvalue weighted by atomic mass is 9.88. The maximum Gasteiger partial charge on any atom is 0.328 e. The van der Waals surface area contributed by atoms with Gasteiger partial charge in [0.15, 0.2) is 0 Å². The molecule has 0 radical (unpaired) electrons. The van der Waals surface area contributed by atoms with Crippen molar-refractivity contribution in [2.24, 2.45) is 5.10 Å². The van der Waals surface area contributed by atoms with Crippen LogP contribution in [0.5, 0.6) is 0 Å². The number of carbonyl (C=O) groups excluding carboxylic acids is 1. The van der Waals surface area contributed by atoms with E-state index in [0.717, 1.165) is 58.1 Å². The Bertz CT molecular complexity index is 1560. The first kappa shape index (κ1) is 25.4. The molecular formula is C29H31BrN4O3. The van der Waals surface area contributed by atoms with Gasteiger partial charge in [-0.15, -0.1) is 0 Å². The van der Waals surface area contributed by atoms with Gasteiger partial charge in [-0.3, -0.25) is 4.79 Å². The van der Waals surface area contributed by atoms with E-state index in [1.165, 1.54) is 11.1 Å². The quantitative estimate of drug-likeness (QED) is 0.199. The highest BCUT2D eigenvalue weighted by Gasteiger charge is 2.24. The number of benzene rings is 2. The molecular weight excluding hydrogens is 532 g/mol. The third-order valence-corrected chi connectivity index (χ3v) is 7.82. The molecule has 0 N–H and O–H groups in total. The molecule has 7 nitrogen and oxygen atoms in total. The van der Waals surface area contributed by atoms with E-state index < -0.39 is 6.04 Å². The van der Waals surface area contributed by atoms with E-state index in [-0.39, 0.29) is 17.4 Å². The zero-order chi connectivity index (χ0) is 26.1. The Morgan fingerprint density at radius 3 is 2.70 bits per heavy atom. The van der Waals surface area contributed by atoms with Gasteiger partial charge in [-0.2, -0.15) is 9.78 Å². The molecule has 1 aliphatic carbocycles. The van der Waals surface area contributed by atoms with E-state index in [1.54, 1.807) is 19.2 Å². The maximum absolute atomic E-state index is 13.7. The number of para-hydroxylation sites is 1. The van der Waals surface area contributed by atoms with Gasteiger partial charge in [0.25, 0.3) is 5.56 Å². The molecule has 0 spiro atoms. The molecule has 0 bridgehead atoms. The molecule has 192 valence electrons. The van der Waals surface area contributed by atoms with Gasteiger partial charge in [0.05, 0.1) is 23.7 Å². The summed E-state index contributed by atoms with van der Waals surface area (Å²) >= 11 is 3.48. The number of halogens is 1. The lowest BCUT2D eigenvalue weighted by molar-refractivity contribution is -0.146. The molecule has 4 aromatic rings. The second kappa shape index (κ2) is 10.6. The fourth-order valence-corrected chi connectivity index (χ4v) is 5.83. The number of hydrogen-bond acceptors (Lipinski definition) is 5. The highest BCUT2D eigenvalue weighted by Crippen LogP contribution is 2.33. The summed E-state index contributed by atoms with van der Waals surface area (Å²) in [6, 6.07) is 13.0. The molecule has 0 saturated heterocycles. The Morgan fingerprint density at radius 2 is 1.95 bits per heavy atom. The van der Waals surface area contributed by atoms with Crippen LogP contribution in [0.2, 0.25) is 0 Å². The monoisotopic (exact) mass is 562 g/mol. The zero-order valence-corrected chi connectivity index (χ0v) is 23.0. The van der Waals surface area contributed by atoms with Crippen LogP contribution in [0.3, 0.4) is 0 Å². The summed E-state index contributed by atoms with van der Waals surface area (Å²) in [6.07, 6.45) is 7.20. The minimum atomic E-state index is -0.493. The molecule has 0 aliphatic heterocycles.